The highest BCUT2D eigenvalue weighted by Gasteiger charge is 2.26. The molecule has 88 valence electrons. The van der Waals surface area contributed by atoms with Gasteiger partial charge >= 0.3 is 0 Å². The monoisotopic (exact) mass is 219 g/mol. The molecule has 3 nitrogen and oxygen atoms in total. The zero-order valence-corrected chi connectivity index (χ0v) is 10.2. The van der Waals surface area contributed by atoms with Crippen LogP contribution in [0.15, 0.2) is 6.07 Å². The van der Waals surface area contributed by atoms with E-state index in [4.69, 9.17) is 5.73 Å². The van der Waals surface area contributed by atoms with E-state index in [-0.39, 0.29) is 6.04 Å². The Morgan fingerprint density at radius 2 is 2.19 bits per heavy atom. The van der Waals surface area contributed by atoms with Gasteiger partial charge in [-0.1, -0.05) is 13.3 Å². The van der Waals surface area contributed by atoms with Gasteiger partial charge in [0.05, 0.1) is 0 Å². The van der Waals surface area contributed by atoms with E-state index in [0.29, 0.717) is 5.92 Å². The molecule has 1 aromatic rings. The highest BCUT2D eigenvalue weighted by Crippen LogP contribution is 2.39. The van der Waals surface area contributed by atoms with E-state index in [1.54, 1.807) is 0 Å². The zero-order valence-electron chi connectivity index (χ0n) is 10.2. The van der Waals surface area contributed by atoms with Gasteiger partial charge in [-0.05, 0) is 32.3 Å². The van der Waals surface area contributed by atoms with Gasteiger partial charge in [0.15, 0.2) is 0 Å². The molecule has 1 aliphatic rings. The van der Waals surface area contributed by atoms with Crippen LogP contribution < -0.4 is 5.73 Å². The van der Waals surface area contributed by atoms with Crippen molar-refractivity contribution in [2.75, 3.05) is 0 Å². The lowest BCUT2D eigenvalue weighted by Gasteiger charge is -2.08. The van der Waals surface area contributed by atoms with Gasteiger partial charge in [0.25, 0.3) is 0 Å². The van der Waals surface area contributed by atoms with E-state index in [0.717, 1.165) is 25.1 Å². The molecular formula is C13H21N3. The normalized spacial score (nSPS) is 17.4. The third-order valence-corrected chi connectivity index (χ3v) is 2.85. The predicted molar refractivity (Wildman–Crippen MR) is 65.4 cm³/mol. The first-order valence-electron chi connectivity index (χ1n) is 6.31. The number of nitrogens with two attached hydrogens (primary N) is 1. The topological polar surface area (TPSA) is 51.8 Å². The van der Waals surface area contributed by atoms with Gasteiger partial charge in [0, 0.05) is 29.8 Å². The Kier molecular flexibility index (Phi) is 3.54. The summed E-state index contributed by atoms with van der Waals surface area (Å²) in [6.45, 7) is 4.19. The number of hydrogen-bond donors (Lipinski definition) is 1. The maximum Gasteiger partial charge on any atom is 0.130 e. The Morgan fingerprint density at radius 3 is 2.75 bits per heavy atom. The molecule has 0 spiro atoms. The van der Waals surface area contributed by atoms with Crippen LogP contribution in [-0.4, -0.2) is 16.0 Å². The van der Waals surface area contributed by atoms with Crippen LogP contribution in [0.4, 0.5) is 0 Å². The number of hydrogen-bond acceptors (Lipinski definition) is 3. The van der Waals surface area contributed by atoms with E-state index >= 15 is 0 Å². The zero-order chi connectivity index (χ0) is 11.5. The van der Waals surface area contributed by atoms with Gasteiger partial charge in [-0.3, -0.25) is 0 Å². The van der Waals surface area contributed by atoms with Gasteiger partial charge in [-0.25, -0.2) is 9.97 Å². The molecule has 0 amide bonds. The molecule has 0 aliphatic heterocycles. The van der Waals surface area contributed by atoms with E-state index in [9.17, 15) is 0 Å². The molecule has 0 bridgehead atoms. The standard InChI is InChI=1S/C13H21N3/c1-3-4-11-8-12(10-5-6-10)16-13(15-11)7-9(2)14/h8-10H,3-7,14H2,1-2H3. The Balaban J connectivity index is 2.21. The second-order valence-corrected chi connectivity index (χ2v) is 4.91. The molecule has 0 radical (unpaired) electrons. The van der Waals surface area contributed by atoms with Gasteiger partial charge in [0.1, 0.15) is 5.82 Å². The molecule has 1 aromatic heterocycles. The van der Waals surface area contributed by atoms with Crippen molar-refractivity contribution in [3.8, 4) is 0 Å². The first-order valence-corrected chi connectivity index (χ1v) is 6.31. The Morgan fingerprint density at radius 1 is 1.44 bits per heavy atom. The minimum Gasteiger partial charge on any atom is -0.328 e. The van der Waals surface area contributed by atoms with Crippen molar-refractivity contribution in [1.82, 2.24) is 9.97 Å². The summed E-state index contributed by atoms with van der Waals surface area (Å²) in [7, 11) is 0. The lowest BCUT2D eigenvalue weighted by molar-refractivity contribution is 0.686. The van der Waals surface area contributed by atoms with E-state index < -0.39 is 0 Å². The molecule has 1 fully saturated rings. The number of nitrogens with zero attached hydrogens (tertiary/aromatic N) is 2. The fourth-order valence-electron chi connectivity index (χ4n) is 1.93. The maximum atomic E-state index is 5.81. The summed E-state index contributed by atoms with van der Waals surface area (Å²) in [6, 6.07) is 2.33. The molecule has 16 heavy (non-hydrogen) atoms. The van der Waals surface area contributed by atoms with Crippen molar-refractivity contribution in [2.24, 2.45) is 5.73 Å². The highest BCUT2D eigenvalue weighted by molar-refractivity contribution is 5.19. The Hall–Kier alpha value is -0.960. The second-order valence-electron chi connectivity index (χ2n) is 4.91. The van der Waals surface area contributed by atoms with E-state index in [1.165, 1.54) is 24.2 Å². The smallest absolute Gasteiger partial charge is 0.130 e. The fraction of sp³-hybridized carbons (Fsp3) is 0.692. The van der Waals surface area contributed by atoms with Gasteiger partial charge in [-0.15, -0.1) is 0 Å². The van der Waals surface area contributed by atoms with Crippen molar-refractivity contribution in [3.63, 3.8) is 0 Å². The fourth-order valence-corrected chi connectivity index (χ4v) is 1.93. The van der Waals surface area contributed by atoms with Crippen LogP contribution >= 0.6 is 0 Å². The van der Waals surface area contributed by atoms with Crippen LogP contribution in [0, 0.1) is 0 Å². The summed E-state index contributed by atoms with van der Waals surface area (Å²) in [4.78, 5) is 9.21. The van der Waals surface area contributed by atoms with Crippen molar-refractivity contribution in [2.45, 2.75) is 57.9 Å². The van der Waals surface area contributed by atoms with Crippen LogP contribution in [-0.2, 0) is 12.8 Å². The predicted octanol–water partition coefficient (Wildman–Crippen LogP) is 2.20. The average molecular weight is 219 g/mol. The van der Waals surface area contributed by atoms with Gasteiger partial charge in [-0.2, -0.15) is 0 Å². The second kappa shape index (κ2) is 4.91. The lowest BCUT2D eigenvalue weighted by Crippen LogP contribution is -2.20. The van der Waals surface area contributed by atoms with Crippen LogP contribution in [0.1, 0.15) is 56.2 Å². The number of aromatic nitrogens is 2. The number of rotatable bonds is 5. The van der Waals surface area contributed by atoms with Gasteiger partial charge in [0.2, 0.25) is 0 Å². The summed E-state index contributed by atoms with van der Waals surface area (Å²) in [5.41, 5.74) is 8.24. The first kappa shape index (κ1) is 11.5. The largest absolute Gasteiger partial charge is 0.328 e. The van der Waals surface area contributed by atoms with Crippen LogP contribution in [0.5, 0.6) is 0 Å². The first-order chi connectivity index (χ1) is 7.69. The summed E-state index contributed by atoms with van der Waals surface area (Å²) >= 11 is 0. The van der Waals surface area contributed by atoms with Crippen molar-refractivity contribution in [1.29, 1.82) is 0 Å². The van der Waals surface area contributed by atoms with Crippen LogP contribution in [0.25, 0.3) is 0 Å². The molecule has 1 saturated carbocycles. The highest BCUT2D eigenvalue weighted by atomic mass is 14.9. The molecular weight excluding hydrogens is 198 g/mol. The molecule has 1 aliphatic carbocycles. The Bertz CT molecular complexity index is 356. The SMILES string of the molecule is CCCc1cc(C2CC2)nc(CC(C)N)n1. The number of aryl methyl sites for hydroxylation is 1. The van der Waals surface area contributed by atoms with E-state index in [1.807, 2.05) is 6.92 Å². The molecule has 1 heterocycles. The molecule has 1 atom stereocenters. The molecule has 0 aromatic carbocycles. The minimum absolute atomic E-state index is 0.143. The summed E-state index contributed by atoms with van der Waals surface area (Å²) < 4.78 is 0. The third kappa shape index (κ3) is 3.01. The summed E-state index contributed by atoms with van der Waals surface area (Å²) in [6.07, 6.45) is 5.56. The molecule has 2 rings (SSSR count). The van der Waals surface area contributed by atoms with E-state index in [2.05, 4.69) is 23.0 Å². The molecule has 2 N–H and O–H groups in total. The maximum absolute atomic E-state index is 5.81. The van der Waals surface area contributed by atoms with Crippen LogP contribution in [0.3, 0.4) is 0 Å². The molecule has 0 saturated heterocycles. The molecule has 3 heteroatoms. The summed E-state index contributed by atoms with van der Waals surface area (Å²) in [5.74, 6) is 1.63. The van der Waals surface area contributed by atoms with Crippen molar-refractivity contribution < 1.29 is 0 Å². The summed E-state index contributed by atoms with van der Waals surface area (Å²) in [5, 5.41) is 0. The minimum atomic E-state index is 0.143. The van der Waals surface area contributed by atoms with Crippen molar-refractivity contribution in [3.05, 3.63) is 23.3 Å². The van der Waals surface area contributed by atoms with Crippen molar-refractivity contribution >= 4 is 0 Å². The molecule has 1 unspecified atom stereocenters. The third-order valence-electron chi connectivity index (χ3n) is 2.85. The van der Waals surface area contributed by atoms with Crippen LogP contribution in [0.2, 0.25) is 0 Å². The van der Waals surface area contributed by atoms with Gasteiger partial charge < -0.3 is 5.73 Å². The quantitative estimate of drug-likeness (QED) is 0.826. The average Bonchev–Trinajstić information content (AvgIpc) is 2.99. The Labute approximate surface area is 97.5 Å². The lowest BCUT2D eigenvalue weighted by atomic mass is 10.1.